The Kier molecular flexibility index (Phi) is 9.38. The number of rotatable bonds is 12. The maximum Gasteiger partial charge on any atom is 0.262 e. The largest absolute Gasteiger partial charge is 0.508 e. The second-order valence-corrected chi connectivity index (χ2v) is 7.43. The van der Waals surface area contributed by atoms with Crippen molar-refractivity contribution in [3.8, 4) is 5.75 Å². The summed E-state index contributed by atoms with van der Waals surface area (Å²) in [6.07, 6.45) is 0.563. The van der Waals surface area contributed by atoms with Crippen LogP contribution < -0.4 is 16.4 Å². The smallest absolute Gasteiger partial charge is 0.262 e. The number of unbranched alkanes of at least 4 members (excludes halogenated alkanes) is 4. The number of anilines is 3. The zero-order chi connectivity index (χ0) is 21.9. The van der Waals surface area contributed by atoms with Gasteiger partial charge in [0.15, 0.2) is 0 Å². The van der Waals surface area contributed by atoms with E-state index in [1.807, 2.05) is 0 Å². The first-order chi connectivity index (χ1) is 14.4. The van der Waals surface area contributed by atoms with Gasteiger partial charge in [0.2, 0.25) is 6.17 Å². The molecule has 0 radical (unpaired) electrons. The van der Waals surface area contributed by atoms with Gasteiger partial charge in [0, 0.05) is 12.2 Å². The van der Waals surface area contributed by atoms with Crippen molar-refractivity contribution in [3.63, 3.8) is 0 Å². The van der Waals surface area contributed by atoms with E-state index in [4.69, 9.17) is 5.73 Å². The van der Waals surface area contributed by atoms with Gasteiger partial charge < -0.3 is 21.5 Å². The third kappa shape index (κ3) is 7.54. The van der Waals surface area contributed by atoms with E-state index in [-0.39, 0.29) is 23.5 Å². The second-order valence-electron chi connectivity index (χ2n) is 7.43. The molecule has 1 amide bonds. The van der Waals surface area contributed by atoms with Crippen molar-refractivity contribution in [2.75, 3.05) is 16.4 Å². The standard InChI is InChI=1S/C23H31F2N3O2/c1-2-3-4-5-6-7-19(24)22(25)23(30)28-21-13-10-17(14-20(21)26)27-15-16-8-11-18(29)12-9-16/h8-14,19,22,27,29H,2-7,15,26H2,1H3,(H,28,30)/t19-,22+/m1/s1. The molecule has 2 aromatic carbocycles. The summed E-state index contributed by atoms with van der Waals surface area (Å²) >= 11 is 0. The lowest BCUT2D eigenvalue weighted by molar-refractivity contribution is -0.123. The van der Waals surface area contributed by atoms with E-state index in [0.717, 1.165) is 31.2 Å². The van der Waals surface area contributed by atoms with Gasteiger partial charge in [0.1, 0.15) is 11.9 Å². The molecular weight excluding hydrogens is 388 g/mol. The number of nitrogens with two attached hydrogens (primary N) is 1. The van der Waals surface area contributed by atoms with Crippen LogP contribution >= 0.6 is 0 Å². The fourth-order valence-corrected chi connectivity index (χ4v) is 3.06. The molecule has 2 atom stereocenters. The first kappa shape index (κ1) is 23.4. The van der Waals surface area contributed by atoms with E-state index in [9.17, 15) is 18.7 Å². The van der Waals surface area contributed by atoms with Gasteiger partial charge in [0.05, 0.1) is 11.4 Å². The van der Waals surface area contributed by atoms with E-state index < -0.39 is 18.3 Å². The highest BCUT2D eigenvalue weighted by atomic mass is 19.2. The molecule has 0 fully saturated rings. The van der Waals surface area contributed by atoms with Gasteiger partial charge in [-0.05, 0) is 42.3 Å². The third-order valence-electron chi connectivity index (χ3n) is 4.89. The number of aromatic hydroxyl groups is 1. The molecule has 0 heterocycles. The Morgan fingerprint density at radius 3 is 2.43 bits per heavy atom. The van der Waals surface area contributed by atoms with Gasteiger partial charge in [-0.2, -0.15) is 0 Å². The highest BCUT2D eigenvalue weighted by Crippen LogP contribution is 2.25. The molecule has 0 saturated carbocycles. The molecule has 0 unspecified atom stereocenters. The number of nitrogens with one attached hydrogen (secondary N) is 2. The Hall–Kier alpha value is -2.83. The summed E-state index contributed by atoms with van der Waals surface area (Å²) in [5.41, 5.74) is 8.13. The molecule has 0 aliphatic heterocycles. The number of carbonyl (C=O) groups is 1. The van der Waals surface area contributed by atoms with Crippen LogP contribution in [0, 0.1) is 0 Å². The van der Waals surface area contributed by atoms with E-state index in [1.165, 1.54) is 0 Å². The number of carbonyl (C=O) groups excluding carboxylic acids is 1. The molecule has 2 rings (SSSR count). The monoisotopic (exact) mass is 419 g/mol. The summed E-state index contributed by atoms with van der Waals surface area (Å²) < 4.78 is 28.2. The molecule has 0 aromatic heterocycles. The minimum Gasteiger partial charge on any atom is -0.508 e. The van der Waals surface area contributed by atoms with E-state index >= 15 is 0 Å². The van der Waals surface area contributed by atoms with Crippen molar-refractivity contribution in [3.05, 3.63) is 48.0 Å². The molecule has 0 saturated heterocycles. The van der Waals surface area contributed by atoms with E-state index in [0.29, 0.717) is 18.7 Å². The van der Waals surface area contributed by atoms with Crippen LogP contribution in [0.1, 0.15) is 51.0 Å². The van der Waals surface area contributed by atoms with E-state index in [2.05, 4.69) is 17.6 Å². The number of benzene rings is 2. The number of hydrogen-bond donors (Lipinski definition) is 4. The van der Waals surface area contributed by atoms with Gasteiger partial charge in [0.25, 0.3) is 5.91 Å². The predicted molar refractivity (Wildman–Crippen MR) is 118 cm³/mol. The minimum atomic E-state index is -2.22. The molecule has 0 aliphatic carbocycles. The topological polar surface area (TPSA) is 87.4 Å². The highest BCUT2D eigenvalue weighted by molar-refractivity contribution is 5.97. The maximum absolute atomic E-state index is 14.1. The fourth-order valence-electron chi connectivity index (χ4n) is 3.06. The SMILES string of the molecule is CCCCCCC[C@@H](F)[C@H](F)C(=O)Nc1ccc(NCc2ccc(O)cc2)cc1N. The van der Waals surface area contributed by atoms with Gasteiger partial charge in [-0.15, -0.1) is 0 Å². The molecule has 164 valence electrons. The van der Waals surface area contributed by atoms with Crippen LogP contribution in [0.4, 0.5) is 25.8 Å². The summed E-state index contributed by atoms with van der Waals surface area (Å²) in [6, 6.07) is 11.6. The molecule has 7 heteroatoms. The number of alkyl halides is 2. The maximum atomic E-state index is 14.1. The average molecular weight is 420 g/mol. The van der Waals surface area contributed by atoms with Crippen molar-refractivity contribution in [2.45, 2.75) is 64.3 Å². The normalized spacial score (nSPS) is 12.9. The van der Waals surface area contributed by atoms with Gasteiger partial charge in [-0.1, -0.05) is 51.2 Å². The van der Waals surface area contributed by atoms with Crippen LogP contribution in [-0.4, -0.2) is 23.4 Å². The molecular formula is C23H31F2N3O2. The summed E-state index contributed by atoms with van der Waals surface area (Å²) in [5.74, 6) is -0.825. The molecule has 30 heavy (non-hydrogen) atoms. The lowest BCUT2D eigenvalue weighted by Crippen LogP contribution is -2.32. The predicted octanol–water partition coefficient (Wildman–Crippen LogP) is 5.56. The van der Waals surface area contributed by atoms with E-state index in [1.54, 1.807) is 42.5 Å². The van der Waals surface area contributed by atoms with Crippen molar-refractivity contribution >= 4 is 23.0 Å². The van der Waals surface area contributed by atoms with Crippen LogP contribution in [0.25, 0.3) is 0 Å². The third-order valence-corrected chi connectivity index (χ3v) is 4.89. The number of nitrogen functional groups attached to an aromatic ring is 1. The molecule has 5 N–H and O–H groups in total. The highest BCUT2D eigenvalue weighted by Gasteiger charge is 2.28. The minimum absolute atomic E-state index is 0.0356. The van der Waals surface area contributed by atoms with Crippen molar-refractivity contribution in [1.82, 2.24) is 0 Å². The van der Waals surface area contributed by atoms with Gasteiger partial charge >= 0.3 is 0 Å². The Labute approximate surface area is 176 Å². The Balaban J connectivity index is 1.83. The fraction of sp³-hybridized carbons (Fsp3) is 0.435. The van der Waals surface area contributed by atoms with Crippen LogP contribution in [0.15, 0.2) is 42.5 Å². The number of phenols is 1. The summed E-state index contributed by atoms with van der Waals surface area (Å²) in [4.78, 5) is 12.0. The lowest BCUT2D eigenvalue weighted by Gasteiger charge is -2.15. The second kappa shape index (κ2) is 12.0. The molecule has 5 nitrogen and oxygen atoms in total. The summed E-state index contributed by atoms with van der Waals surface area (Å²) in [5, 5.41) is 14.9. The Morgan fingerprint density at radius 1 is 1.07 bits per heavy atom. The molecule has 0 aliphatic rings. The summed E-state index contributed by atoms with van der Waals surface area (Å²) in [7, 11) is 0. The zero-order valence-electron chi connectivity index (χ0n) is 17.3. The molecule has 0 bridgehead atoms. The molecule has 2 aromatic rings. The number of phenolic OH excluding ortho intramolecular Hbond substituents is 1. The van der Waals surface area contributed by atoms with Crippen LogP contribution in [0.2, 0.25) is 0 Å². The van der Waals surface area contributed by atoms with Crippen molar-refractivity contribution in [2.24, 2.45) is 0 Å². The van der Waals surface area contributed by atoms with Crippen LogP contribution in [-0.2, 0) is 11.3 Å². The average Bonchev–Trinajstić information content (AvgIpc) is 2.74. The Bertz CT molecular complexity index is 800. The van der Waals surface area contributed by atoms with Crippen molar-refractivity contribution < 1.29 is 18.7 Å². The van der Waals surface area contributed by atoms with Crippen molar-refractivity contribution in [1.29, 1.82) is 0 Å². The first-order valence-corrected chi connectivity index (χ1v) is 10.4. The number of halogens is 2. The lowest BCUT2D eigenvalue weighted by atomic mass is 10.1. The van der Waals surface area contributed by atoms with Gasteiger partial charge in [-0.3, -0.25) is 4.79 Å². The number of amides is 1. The number of hydrogen-bond acceptors (Lipinski definition) is 4. The Morgan fingerprint density at radius 2 is 1.77 bits per heavy atom. The molecule has 0 spiro atoms. The summed E-state index contributed by atoms with van der Waals surface area (Å²) in [6.45, 7) is 2.60. The quantitative estimate of drug-likeness (QED) is 0.268. The van der Waals surface area contributed by atoms with Gasteiger partial charge in [-0.25, -0.2) is 8.78 Å². The zero-order valence-corrected chi connectivity index (χ0v) is 17.3. The van der Waals surface area contributed by atoms with Crippen LogP contribution in [0.5, 0.6) is 5.75 Å². The van der Waals surface area contributed by atoms with Crippen LogP contribution in [0.3, 0.4) is 0 Å². The first-order valence-electron chi connectivity index (χ1n) is 10.4.